The van der Waals surface area contributed by atoms with E-state index in [1.54, 1.807) is 17.8 Å². The molecule has 3 heterocycles. The highest BCUT2D eigenvalue weighted by Crippen LogP contribution is 2.28. The third kappa shape index (κ3) is 3.26. The van der Waals surface area contributed by atoms with Gasteiger partial charge in [0.05, 0.1) is 7.11 Å². The van der Waals surface area contributed by atoms with Crippen LogP contribution in [0.1, 0.15) is 0 Å². The minimum absolute atomic E-state index is 0.505. The van der Waals surface area contributed by atoms with Crippen LogP contribution in [0.5, 0.6) is 5.75 Å². The number of piperazine rings is 1. The summed E-state index contributed by atoms with van der Waals surface area (Å²) in [6.45, 7) is 3.52. The van der Waals surface area contributed by atoms with Gasteiger partial charge in [0, 0.05) is 43.6 Å². The van der Waals surface area contributed by atoms with Crippen LogP contribution in [0.4, 0.5) is 17.5 Å². The van der Waals surface area contributed by atoms with E-state index in [2.05, 4.69) is 49.1 Å². The number of nitrogen functional groups attached to an aromatic ring is 1. The predicted octanol–water partition coefficient (Wildman–Crippen LogP) is 2.71. The van der Waals surface area contributed by atoms with Crippen LogP contribution in [-0.2, 0) is 0 Å². The summed E-state index contributed by atoms with van der Waals surface area (Å²) >= 11 is 0. The standard InChI is InChI=1S/C22H23N7O/c1-30-18-9-7-16(8-10-18)19-15-24-21-25-22(26-29(21)20(19)23)28-13-11-27(12-14-28)17-5-3-2-4-6-17/h2-10,15H,11-14,23H2,1H3. The van der Waals surface area contributed by atoms with E-state index in [4.69, 9.17) is 10.5 Å². The van der Waals surface area contributed by atoms with Crippen LogP contribution in [0.15, 0.2) is 60.8 Å². The van der Waals surface area contributed by atoms with Crippen molar-refractivity contribution >= 4 is 23.2 Å². The zero-order valence-electron chi connectivity index (χ0n) is 16.8. The maximum Gasteiger partial charge on any atom is 0.255 e. The van der Waals surface area contributed by atoms with Gasteiger partial charge in [0.15, 0.2) is 0 Å². The lowest BCUT2D eigenvalue weighted by Crippen LogP contribution is -2.47. The molecular weight excluding hydrogens is 378 g/mol. The van der Waals surface area contributed by atoms with Crippen LogP contribution >= 0.6 is 0 Å². The Bertz CT molecular complexity index is 1150. The fourth-order valence-electron chi connectivity index (χ4n) is 3.77. The third-order valence-corrected chi connectivity index (χ3v) is 5.48. The van der Waals surface area contributed by atoms with Crippen molar-refractivity contribution in [3.05, 3.63) is 60.8 Å². The van der Waals surface area contributed by atoms with Crippen molar-refractivity contribution in [1.82, 2.24) is 19.6 Å². The van der Waals surface area contributed by atoms with Crippen LogP contribution in [0.25, 0.3) is 16.9 Å². The van der Waals surface area contributed by atoms with Gasteiger partial charge in [-0.1, -0.05) is 30.3 Å². The van der Waals surface area contributed by atoms with Crippen molar-refractivity contribution in [1.29, 1.82) is 0 Å². The molecule has 0 radical (unpaired) electrons. The molecule has 1 aliphatic rings. The summed E-state index contributed by atoms with van der Waals surface area (Å²) in [7, 11) is 1.65. The molecule has 8 nitrogen and oxygen atoms in total. The van der Waals surface area contributed by atoms with E-state index in [-0.39, 0.29) is 0 Å². The van der Waals surface area contributed by atoms with Crippen molar-refractivity contribution in [3.63, 3.8) is 0 Å². The fraction of sp³-hybridized carbons (Fsp3) is 0.227. The highest BCUT2D eigenvalue weighted by Gasteiger charge is 2.22. The molecule has 0 amide bonds. The van der Waals surface area contributed by atoms with Gasteiger partial charge in [-0.3, -0.25) is 0 Å². The molecule has 4 aromatic rings. The zero-order valence-corrected chi connectivity index (χ0v) is 16.8. The van der Waals surface area contributed by atoms with Crippen molar-refractivity contribution in [2.24, 2.45) is 0 Å². The summed E-state index contributed by atoms with van der Waals surface area (Å²) in [6, 6.07) is 18.2. The minimum Gasteiger partial charge on any atom is -0.497 e. The van der Waals surface area contributed by atoms with Gasteiger partial charge >= 0.3 is 0 Å². The van der Waals surface area contributed by atoms with Crippen LogP contribution in [-0.4, -0.2) is 52.9 Å². The summed E-state index contributed by atoms with van der Waals surface area (Å²) in [5, 5.41) is 4.65. The topological polar surface area (TPSA) is 84.8 Å². The third-order valence-electron chi connectivity index (χ3n) is 5.48. The molecule has 0 saturated carbocycles. The number of rotatable bonds is 4. The summed E-state index contributed by atoms with van der Waals surface area (Å²) in [4.78, 5) is 13.6. The first-order valence-electron chi connectivity index (χ1n) is 9.93. The smallest absolute Gasteiger partial charge is 0.255 e. The van der Waals surface area contributed by atoms with Gasteiger partial charge in [0.2, 0.25) is 5.95 Å². The number of methoxy groups -OCH3 is 1. The van der Waals surface area contributed by atoms with Crippen molar-refractivity contribution in [2.45, 2.75) is 0 Å². The number of ether oxygens (including phenoxy) is 1. The van der Waals surface area contributed by atoms with Crippen molar-refractivity contribution in [2.75, 3.05) is 48.8 Å². The predicted molar refractivity (Wildman–Crippen MR) is 118 cm³/mol. The second kappa shape index (κ2) is 7.55. The number of anilines is 3. The number of aromatic nitrogens is 4. The van der Waals surface area contributed by atoms with E-state index in [1.807, 2.05) is 30.3 Å². The van der Waals surface area contributed by atoms with Crippen molar-refractivity contribution < 1.29 is 4.74 Å². The van der Waals surface area contributed by atoms with Crippen molar-refractivity contribution in [3.8, 4) is 16.9 Å². The highest BCUT2D eigenvalue weighted by atomic mass is 16.5. The van der Waals surface area contributed by atoms with Crippen LogP contribution < -0.4 is 20.3 Å². The molecule has 30 heavy (non-hydrogen) atoms. The van der Waals surface area contributed by atoms with Gasteiger partial charge in [0.25, 0.3) is 5.78 Å². The monoisotopic (exact) mass is 401 g/mol. The molecule has 2 aromatic carbocycles. The van der Waals surface area contributed by atoms with E-state index < -0.39 is 0 Å². The summed E-state index contributed by atoms with van der Waals surface area (Å²) in [5.74, 6) is 2.48. The number of hydrogen-bond donors (Lipinski definition) is 1. The van der Waals surface area contributed by atoms with E-state index in [1.165, 1.54) is 5.69 Å². The van der Waals surface area contributed by atoms with E-state index >= 15 is 0 Å². The fourth-order valence-corrected chi connectivity index (χ4v) is 3.77. The lowest BCUT2D eigenvalue weighted by molar-refractivity contribution is 0.415. The molecule has 2 N–H and O–H groups in total. The average molecular weight is 401 g/mol. The normalized spacial score (nSPS) is 14.3. The first-order valence-corrected chi connectivity index (χ1v) is 9.93. The summed E-state index contributed by atoms with van der Waals surface area (Å²) < 4.78 is 6.85. The van der Waals surface area contributed by atoms with Gasteiger partial charge < -0.3 is 20.3 Å². The largest absolute Gasteiger partial charge is 0.497 e. The quantitative estimate of drug-likeness (QED) is 0.563. The molecule has 0 bridgehead atoms. The Morgan fingerprint density at radius 2 is 1.60 bits per heavy atom. The maximum atomic E-state index is 6.42. The Hall–Kier alpha value is -3.81. The number of benzene rings is 2. The summed E-state index contributed by atoms with van der Waals surface area (Å²) in [6.07, 6.45) is 1.75. The number of para-hydroxylation sites is 1. The Morgan fingerprint density at radius 1 is 0.900 bits per heavy atom. The van der Waals surface area contributed by atoms with Crippen LogP contribution in [0.2, 0.25) is 0 Å². The van der Waals surface area contributed by atoms with E-state index in [9.17, 15) is 0 Å². The maximum absolute atomic E-state index is 6.42. The SMILES string of the molecule is COc1ccc(-c2cnc3nc(N4CCN(c5ccccc5)CC4)nn3c2N)cc1. The second-order valence-electron chi connectivity index (χ2n) is 7.22. The molecule has 1 fully saturated rings. The molecule has 152 valence electrons. The highest BCUT2D eigenvalue weighted by molar-refractivity contribution is 5.75. The molecular formula is C22H23N7O. The van der Waals surface area contributed by atoms with Crippen LogP contribution in [0, 0.1) is 0 Å². The molecule has 0 spiro atoms. The molecule has 5 rings (SSSR count). The van der Waals surface area contributed by atoms with Gasteiger partial charge in [-0.05, 0) is 29.8 Å². The molecule has 0 aliphatic carbocycles. The minimum atomic E-state index is 0.505. The van der Waals surface area contributed by atoms with E-state index in [0.717, 1.165) is 43.1 Å². The Labute approximate surface area is 174 Å². The molecule has 0 atom stereocenters. The Balaban J connectivity index is 1.38. The molecule has 0 unspecified atom stereocenters. The van der Waals surface area contributed by atoms with Gasteiger partial charge in [-0.25, -0.2) is 4.98 Å². The molecule has 8 heteroatoms. The van der Waals surface area contributed by atoms with E-state index in [0.29, 0.717) is 17.5 Å². The number of fused-ring (bicyclic) bond motifs is 1. The van der Waals surface area contributed by atoms with Gasteiger partial charge in [0.1, 0.15) is 11.6 Å². The Kier molecular flexibility index (Phi) is 4.59. The number of hydrogen-bond acceptors (Lipinski definition) is 7. The lowest BCUT2D eigenvalue weighted by atomic mass is 10.1. The summed E-state index contributed by atoms with van der Waals surface area (Å²) in [5.41, 5.74) is 9.44. The van der Waals surface area contributed by atoms with Gasteiger partial charge in [-0.15, -0.1) is 5.10 Å². The first kappa shape index (κ1) is 18.2. The molecule has 1 saturated heterocycles. The molecule has 2 aromatic heterocycles. The zero-order chi connectivity index (χ0) is 20.5. The first-order chi connectivity index (χ1) is 14.7. The van der Waals surface area contributed by atoms with Gasteiger partial charge in [-0.2, -0.15) is 9.50 Å². The number of nitrogens with zero attached hydrogens (tertiary/aromatic N) is 6. The second-order valence-corrected chi connectivity index (χ2v) is 7.22. The van der Waals surface area contributed by atoms with Crippen LogP contribution in [0.3, 0.4) is 0 Å². The molecule has 1 aliphatic heterocycles. The number of nitrogens with two attached hydrogens (primary N) is 1. The lowest BCUT2D eigenvalue weighted by Gasteiger charge is -2.35. The Morgan fingerprint density at radius 3 is 2.30 bits per heavy atom. The average Bonchev–Trinajstić information content (AvgIpc) is 3.26.